The third kappa shape index (κ3) is 6.21. The standard InChI is InChI=1S/C24H25ClN4O3/c1-16-21(17(2)29(28-16)15-18-5-3-4-6-22(18)25)11-12-24(31)27-19-7-9-20(10-8-19)32-14-13-23(26)30/h3-12H,13-15H2,1-2H3,(H2,26,30)(H,27,31)/b12-11+. The monoisotopic (exact) mass is 452 g/mol. The number of aromatic nitrogens is 2. The van der Waals surface area contributed by atoms with E-state index >= 15 is 0 Å². The molecule has 0 saturated carbocycles. The van der Waals surface area contributed by atoms with Crippen LogP contribution < -0.4 is 15.8 Å². The Morgan fingerprint density at radius 1 is 1.16 bits per heavy atom. The van der Waals surface area contributed by atoms with Crippen molar-refractivity contribution < 1.29 is 14.3 Å². The third-order valence-electron chi connectivity index (χ3n) is 4.86. The molecular formula is C24H25ClN4O3. The highest BCUT2D eigenvalue weighted by Gasteiger charge is 2.11. The van der Waals surface area contributed by atoms with Gasteiger partial charge in [-0.05, 0) is 55.8 Å². The van der Waals surface area contributed by atoms with Crippen molar-refractivity contribution in [1.82, 2.24) is 9.78 Å². The van der Waals surface area contributed by atoms with Crippen LogP contribution in [0.1, 0.15) is 28.9 Å². The minimum absolute atomic E-state index is 0.150. The van der Waals surface area contributed by atoms with Gasteiger partial charge in [0, 0.05) is 28.0 Å². The Balaban J connectivity index is 1.61. The SMILES string of the molecule is Cc1nn(Cc2ccccc2Cl)c(C)c1/C=C/C(=O)Nc1ccc(OCCC(N)=O)cc1. The highest BCUT2D eigenvalue weighted by molar-refractivity contribution is 6.31. The van der Waals surface area contributed by atoms with E-state index in [-0.39, 0.29) is 18.9 Å². The van der Waals surface area contributed by atoms with Crippen molar-refractivity contribution in [2.24, 2.45) is 5.73 Å². The molecule has 0 bridgehead atoms. The normalized spacial score (nSPS) is 11.0. The van der Waals surface area contributed by atoms with Crippen LogP contribution in [0.3, 0.4) is 0 Å². The fourth-order valence-corrected chi connectivity index (χ4v) is 3.34. The first-order valence-electron chi connectivity index (χ1n) is 10.1. The van der Waals surface area contributed by atoms with Crippen LogP contribution in [-0.2, 0) is 16.1 Å². The molecule has 0 aliphatic carbocycles. The van der Waals surface area contributed by atoms with E-state index in [0.29, 0.717) is 23.0 Å². The molecule has 0 atom stereocenters. The molecule has 0 spiro atoms. The Bertz CT molecular complexity index is 1140. The Kier molecular flexibility index (Phi) is 7.68. The van der Waals surface area contributed by atoms with Crippen molar-refractivity contribution >= 4 is 35.2 Å². The summed E-state index contributed by atoms with van der Waals surface area (Å²) in [6.07, 6.45) is 3.39. The van der Waals surface area contributed by atoms with Crippen LogP contribution in [0.2, 0.25) is 5.02 Å². The summed E-state index contributed by atoms with van der Waals surface area (Å²) in [6.45, 7) is 4.64. The largest absolute Gasteiger partial charge is 0.493 e. The van der Waals surface area contributed by atoms with Crippen LogP contribution in [0, 0.1) is 13.8 Å². The zero-order valence-corrected chi connectivity index (χ0v) is 18.7. The van der Waals surface area contributed by atoms with E-state index in [1.165, 1.54) is 6.08 Å². The molecule has 0 saturated heterocycles. The molecule has 3 rings (SSSR count). The molecule has 0 aliphatic heterocycles. The number of halogens is 1. The molecule has 0 aliphatic rings. The Labute approximate surface area is 191 Å². The summed E-state index contributed by atoms with van der Waals surface area (Å²) >= 11 is 6.27. The minimum atomic E-state index is -0.416. The Morgan fingerprint density at radius 2 is 1.88 bits per heavy atom. The summed E-state index contributed by atoms with van der Waals surface area (Å²) < 4.78 is 7.30. The molecule has 8 heteroatoms. The van der Waals surface area contributed by atoms with Gasteiger partial charge >= 0.3 is 0 Å². The summed E-state index contributed by atoms with van der Waals surface area (Å²) in [4.78, 5) is 23.1. The number of nitrogens with two attached hydrogens (primary N) is 1. The predicted molar refractivity (Wildman–Crippen MR) is 126 cm³/mol. The van der Waals surface area contributed by atoms with Crippen LogP contribution in [0.15, 0.2) is 54.6 Å². The lowest BCUT2D eigenvalue weighted by atomic mass is 10.1. The number of anilines is 1. The number of primary amides is 1. The van der Waals surface area contributed by atoms with Gasteiger partial charge in [-0.2, -0.15) is 5.10 Å². The van der Waals surface area contributed by atoms with Crippen molar-refractivity contribution in [2.75, 3.05) is 11.9 Å². The van der Waals surface area contributed by atoms with E-state index in [1.54, 1.807) is 30.3 Å². The fraction of sp³-hybridized carbons (Fsp3) is 0.208. The topological polar surface area (TPSA) is 99.2 Å². The number of hydrogen-bond donors (Lipinski definition) is 2. The first kappa shape index (κ1) is 23.1. The van der Waals surface area contributed by atoms with E-state index in [0.717, 1.165) is 22.5 Å². The highest BCUT2D eigenvalue weighted by Crippen LogP contribution is 2.21. The van der Waals surface area contributed by atoms with Crippen LogP contribution in [-0.4, -0.2) is 28.2 Å². The summed E-state index contributed by atoms with van der Waals surface area (Å²) in [5.74, 6) is -0.0809. The molecule has 1 heterocycles. The zero-order chi connectivity index (χ0) is 23.1. The maximum Gasteiger partial charge on any atom is 0.248 e. The lowest BCUT2D eigenvalue weighted by Crippen LogP contribution is -2.14. The van der Waals surface area contributed by atoms with Gasteiger partial charge in [0.25, 0.3) is 0 Å². The quantitative estimate of drug-likeness (QED) is 0.477. The number of nitrogens with one attached hydrogen (secondary N) is 1. The van der Waals surface area contributed by atoms with Gasteiger partial charge in [0.15, 0.2) is 0 Å². The lowest BCUT2D eigenvalue weighted by Gasteiger charge is -2.07. The smallest absolute Gasteiger partial charge is 0.248 e. The molecule has 0 radical (unpaired) electrons. The first-order chi connectivity index (χ1) is 15.3. The van der Waals surface area contributed by atoms with Gasteiger partial charge in [-0.15, -0.1) is 0 Å². The molecule has 32 heavy (non-hydrogen) atoms. The molecule has 3 aromatic rings. The summed E-state index contributed by atoms with van der Waals surface area (Å²) in [5.41, 5.74) is 9.37. The second-order valence-electron chi connectivity index (χ2n) is 7.25. The number of benzene rings is 2. The van der Waals surface area contributed by atoms with Gasteiger partial charge < -0.3 is 15.8 Å². The molecule has 3 N–H and O–H groups in total. The summed E-state index contributed by atoms with van der Waals surface area (Å²) in [7, 11) is 0. The third-order valence-corrected chi connectivity index (χ3v) is 5.22. The molecule has 1 aromatic heterocycles. The van der Waals surface area contributed by atoms with Crippen molar-refractivity contribution in [3.63, 3.8) is 0 Å². The van der Waals surface area contributed by atoms with Crippen LogP contribution in [0.5, 0.6) is 5.75 Å². The van der Waals surface area contributed by atoms with Crippen molar-refractivity contribution in [3.8, 4) is 5.75 Å². The number of nitrogens with zero attached hydrogens (tertiary/aromatic N) is 2. The number of rotatable bonds is 9. The van der Waals surface area contributed by atoms with Crippen molar-refractivity contribution in [2.45, 2.75) is 26.8 Å². The summed E-state index contributed by atoms with van der Waals surface area (Å²) in [5, 5.41) is 8.09. The van der Waals surface area contributed by atoms with Crippen molar-refractivity contribution in [1.29, 1.82) is 0 Å². The van der Waals surface area contributed by atoms with Gasteiger partial charge in [0.2, 0.25) is 11.8 Å². The molecule has 7 nitrogen and oxygen atoms in total. The van der Waals surface area contributed by atoms with Crippen LogP contribution in [0.25, 0.3) is 6.08 Å². The molecule has 2 aromatic carbocycles. The molecule has 166 valence electrons. The number of amides is 2. The maximum atomic E-state index is 12.4. The van der Waals surface area contributed by atoms with Gasteiger partial charge in [-0.3, -0.25) is 14.3 Å². The van der Waals surface area contributed by atoms with E-state index in [4.69, 9.17) is 22.1 Å². The molecule has 0 unspecified atom stereocenters. The second kappa shape index (κ2) is 10.6. The molecular weight excluding hydrogens is 428 g/mol. The molecule has 2 amide bonds. The zero-order valence-electron chi connectivity index (χ0n) is 18.0. The van der Waals surface area contributed by atoms with E-state index in [2.05, 4.69) is 10.4 Å². The van der Waals surface area contributed by atoms with Gasteiger partial charge in [-0.1, -0.05) is 29.8 Å². The predicted octanol–water partition coefficient (Wildman–Crippen LogP) is 4.11. The second-order valence-corrected chi connectivity index (χ2v) is 7.65. The first-order valence-corrected chi connectivity index (χ1v) is 10.5. The van der Waals surface area contributed by atoms with Gasteiger partial charge in [0.05, 0.1) is 25.3 Å². The van der Waals surface area contributed by atoms with Crippen molar-refractivity contribution in [3.05, 3.63) is 82.1 Å². The van der Waals surface area contributed by atoms with E-state index < -0.39 is 5.91 Å². The van der Waals surface area contributed by atoms with Crippen LogP contribution in [0.4, 0.5) is 5.69 Å². The Morgan fingerprint density at radius 3 is 2.56 bits per heavy atom. The van der Waals surface area contributed by atoms with E-state index in [1.807, 2.05) is 42.8 Å². The summed E-state index contributed by atoms with van der Waals surface area (Å²) in [6, 6.07) is 14.5. The maximum absolute atomic E-state index is 12.4. The van der Waals surface area contributed by atoms with Crippen LogP contribution >= 0.6 is 11.6 Å². The average Bonchev–Trinajstić information content (AvgIpc) is 3.02. The molecule has 0 fully saturated rings. The number of hydrogen-bond acceptors (Lipinski definition) is 4. The fourth-order valence-electron chi connectivity index (χ4n) is 3.14. The number of carbonyl (C=O) groups is 2. The number of carbonyl (C=O) groups excluding carboxylic acids is 2. The minimum Gasteiger partial charge on any atom is -0.493 e. The Hall–Kier alpha value is -3.58. The number of aryl methyl sites for hydroxylation is 1. The van der Waals surface area contributed by atoms with E-state index in [9.17, 15) is 9.59 Å². The number of ether oxygens (including phenoxy) is 1. The van der Waals surface area contributed by atoms with Gasteiger partial charge in [0.1, 0.15) is 5.75 Å². The lowest BCUT2D eigenvalue weighted by molar-refractivity contribution is -0.118. The highest BCUT2D eigenvalue weighted by atomic mass is 35.5. The average molecular weight is 453 g/mol. The van der Waals surface area contributed by atoms with Gasteiger partial charge in [-0.25, -0.2) is 0 Å².